The molecular formula is C8H15NO3. The van der Waals surface area contributed by atoms with Crippen LogP contribution in [0.4, 0.5) is 0 Å². The summed E-state index contributed by atoms with van der Waals surface area (Å²) in [5.74, 6) is -0.673. The number of hydrogen-bond donors (Lipinski definition) is 3. The van der Waals surface area contributed by atoms with E-state index in [1.165, 1.54) is 0 Å². The van der Waals surface area contributed by atoms with Gasteiger partial charge in [-0.15, -0.1) is 0 Å². The molecule has 0 aromatic heterocycles. The largest absolute Gasteiger partial charge is 0.480 e. The number of aliphatic hydroxyl groups is 1. The van der Waals surface area contributed by atoms with Gasteiger partial charge in [0.1, 0.15) is 6.04 Å². The molecule has 4 nitrogen and oxygen atoms in total. The molecule has 70 valence electrons. The molecule has 0 bridgehead atoms. The van der Waals surface area contributed by atoms with E-state index in [1.807, 2.05) is 6.92 Å². The number of aliphatic hydroxyl groups excluding tert-OH is 1. The lowest BCUT2D eigenvalue weighted by Crippen LogP contribution is -2.37. The number of aliphatic carboxylic acids is 1. The topological polar surface area (TPSA) is 69.6 Å². The van der Waals surface area contributed by atoms with Crippen LogP contribution in [0.25, 0.3) is 0 Å². The molecule has 2 unspecified atom stereocenters. The normalized spacial score (nSPS) is 35.3. The molecular weight excluding hydrogens is 158 g/mol. The van der Waals surface area contributed by atoms with Crippen molar-refractivity contribution in [1.82, 2.24) is 5.32 Å². The number of nitrogens with one attached hydrogen (secondary N) is 1. The Balaban J connectivity index is 2.62. The molecule has 1 rings (SSSR count). The molecule has 4 heteroatoms. The molecule has 1 saturated heterocycles. The maximum absolute atomic E-state index is 10.7. The highest BCUT2D eigenvalue weighted by Crippen LogP contribution is 2.24. The Morgan fingerprint density at radius 2 is 2.33 bits per heavy atom. The molecule has 12 heavy (non-hydrogen) atoms. The molecule has 1 aliphatic heterocycles. The highest BCUT2D eigenvalue weighted by Gasteiger charge is 2.38. The van der Waals surface area contributed by atoms with Gasteiger partial charge < -0.3 is 15.5 Å². The van der Waals surface area contributed by atoms with Gasteiger partial charge >= 0.3 is 5.97 Å². The van der Waals surface area contributed by atoms with E-state index in [2.05, 4.69) is 5.32 Å². The fraction of sp³-hybridized carbons (Fsp3) is 0.875. The van der Waals surface area contributed by atoms with Crippen LogP contribution < -0.4 is 5.32 Å². The zero-order chi connectivity index (χ0) is 9.14. The summed E-state index contributed by atoms with van der Waals surface area (Å²) in [7, 11) is 0. The number of carboxylic acids is 1. The van der Waals surface area contributed by atoms with E-state index in [4.69, 9.17) is 10.2 Å². The number of carboxylic acid groups (broad SMARTS) is 1. The minimum atomic E-state index is -0.856. The van der Waals surface area contributed by atoms with Crippen LogP contribution in [-0.2, 0) is 4.79 Å². The SMILES string of the molecule is CCC1CN[C@H](C(=O)O)C1CO. The molecule has 3 N–H and O–H groups in total. The van der Waals surface area contributed by atoms with Crippen LogP contribution >= 0.6 is 0 Å². The lowest BCUT2D eigenvalue weighted by atomic mass is 9.89. The third kappa shape index (κ3) is 1.59. The minimum absolute atomic E-state index is 0.0392. The Hall–Kier alpha value is -0.610. The molecule has 0 aliphatic carbocycles. The van der Waals surface area contributed by atoms with E-state index in [0.717, 1.165) is 6.42 Å². The van der Waals surface area contributed by atoms with Gasteiger partial charge in [0.25, 0.3) is 0 Å². The highest BCUT2D eigenvalue weighted by molar-refractivity contribution is 5.74. The summed E-state index contributed by atoms with van der Waals surface area (Å²) in [4.78, 5) is 10.7. The van der Waals surface area contributed by atoms with Crippen molar-refractivity contribution in [2.75, 3.05) is 13.2 Å². The van der Waals surface area contributed by atoms with Crippen molar-refractivity contribution in [1.29, 1.82) is 0 Å². The molecule has 0 saturated carbocycles. The summed E-state index contributed by atoms with van der Waals surface area (Å²) >= 11 is 0. The average molecular weight is 173 g/mol. The molecule has 3 atom stereocenters. The van der Waals surface area contributed by atoms with Gasteiger partial charge in [0, 0.05) is 12.5 Å². The molecule has 1 aliphatic rings. The smallest absolute Gasteiger partial charge is 0.321 e. The van der Waals surface area contributed by atoms with Gasteiger partial charge in [-0.05, 0) is 12.5 Å². The van der Waals surface area contributed by atoms with Crippen LogP contribution in [0.15, 0.2) is 0 Å². The third-order valence-electron chi connectivity index (χ3n) is 2.63. The Morgan fingerprint density at radius 1 is 1.67 bits per heavy atom. The first-order valence-electron chi connectivity index (χ1n) is 4.27. The fourth-order valence-corrected chi connectivity index (χ4v) is 1.83. The van der Waals surface area contributed by atoms with Gasteiger partial charge in [0.2, 0.25) is 0 Å². The summed E-state index contributed by atoms with van der Waals surface area (Å²) in [5, 5.41) is 20.6. The van der Waals surface area contributed by atoms with E-state index < -0.39 is 12.0 Å². The van der Waals surface area contributed by atoms with Crippen molar-refractivity contribution in [2.45, 2.75) is 19.4 Å². The Kier molecular flexibility index (Phi) is 3.05. The summed E-state index contributed by atoms with van der Waals surface area (Å²) in [6, 6.07) is -0.556. The maximum Gasteiger partial charge on any atom is 0.321 e. The Labute approximate surface area is 71.6 Å². The second kappa shape index (κ2) is 3.87. The van der Waals surface area contributed by atoms with Gasteiger partial charge in [-0.25, -0.2) is 0 Å². The first kappa shape index (κ1) is 9.48. The predicted octanol–water partition coefficient (Wildman–Crippen LogP) is -0.323. The standard InChI is InChI=1S/C8H15NO3/c1-2-5-3-9-7(8(11)12)6(5)4-10/h5-7,9-10H,2-4H2,1H3,(H,11,12)/t5?,6?,7-/m0/s1. The van der Waals surface area contributed by atoms with Crippen molar-refractivity contribution in [3.8, 4) is 0 Å². The first-order chi connectivity index (χ1) is 5.70. The van der Waals surface area contributed by atoms with Crippen LogP contribution in [0.1, 0.15) is 13.3 Å². The summed E-state index contributed by atoms with van der Waals surface area (Å²) < 4.78 is 0. The summed E-state index contributed by atoms with van der Waals surface area (Å²) in [6.07, 6.45) is 0.919. The molecule has 1 fully saturated rings. The van der Waals surface area contributed by atoms with Crippen LogP contribution in [-0.4, -0.2) is 35.4 Å². The van der Waals surface area contributed by atoms with Gasteiger partial charge in [-0.3, -0.25) is 4.79 Å². The lowest BCUT2D eigenvalue weighted by Gasteiger charge is -2.17. The maximum atomic E-state index is 10.7. The molecule has 0 spiro atoms. The molecule has 0 radical (unpaired) electrons. The summed E-state index contributed by atoms with van der Waals surface area (Å²) in [5.41, 5.74) is 0. The first-order valence-corrected chi connectivity index (χ1v) is 4.27. The van der Waals surface area contributed by atoms with E-state index >= 15 is 0 Å². The average Bonchev–Trinajstić information content (AvgIpc) is 2.46. The van der Waals surface area contributed by atoms with E-state index in [1.54, 1.807) is 0 Å². The third-order valence-corrected chi connectivity index (χ3v) is 2.63. The van der Waals surface area contributed by atoms with Crippen molar-refractivity contribution in [3.05, 3.63) is 0 Å². The van der Waals surface area contributed by atoms with E-state index in [0.29, 0.717) is 12.5 Å². The van der Waals surface area contributed by atoms with Crippen LogP contribution in [0.2, 0.25) is 0 Å². The Morgan fingerprint density at radius 3 is 2.75 bits per heavy atom. The highest BCUT2D eigenvalue weighted by atomic mass is 16.4. The quantitative estimate of drug-likeness (QED) is 0.547. The zero-order valence-corrected chi connectivity index (χ0v) is 7.16. The van der Waals surface area contributed by atoms with Crippen LogP contribution in [0.5, 0.6) is 0 Å². The predicted molar refractivity (Wildman–Crippen MR) is 43.8 cm³/mol. The van der Waals surface area contributed by atoms with Crippen LogP contribution in [0, 0.1) is 11.8 Å². The van der Waals surface area contributed by atoms with E-state index in [9.17, 15) is 4.79 Å². The number of carbonyl (C=O) groups is 1. The fourth-order valence-electron chi connectivity index (χ4n) is 1.83. The van der Waals surface area contributed by atoms with Crippen LogP contribution in [0.3, 0.4) is 0 Å². The molecule has 0 aromatic carbocycles. The molecule has 1 heterocycles. The summed E-state index contributed by atoms with van der Waals surface area (Å²) in [6.45, 7) is 2.68. The Bertz CT molecular complexity index is 172. The lowest BCUT2D eigenvalue weighted by molar-refractivity contribution is -0.140. The van der Waals surface area contributed by atoms with Crippen molar-refractivity contribution in [2.24, 2.45) is 11.8 Å². The van der Waals surface area contributed by atoms with Crippen molar-refractivity contribution in [3.63, 3.8) is 0 Å². The zero-order valence-electron chi connectivity index (χ0n) is 7.16. The monoisotopic (exact) mass is 173 g/mol. The number of hydrogen-bond acceptors (Lipinski definition) is 3. The minimum Gasteiger partial charge on any atom is -0.480 e. The van der Waals surface area contributed by atoms with Gasteiger partial charge in [0.15, 0.2) is 0 Å². The molecule has 0 aromatic rings. The second-order valence-corrected chi connectivity index (χ2v) is 3.24. The molecule has 0 amide bonds. The van der Waals surface area contributed by atoms with Gasteiger partial charge in [0.05, 0.1) is 0 Å². The second-order valence-electron chi connectivity index (χ2n) is 3.24. The number of rotatable bonds is 3. The van der Waals surface area contributed by atoms with Crippen molar-refractivity contribution >= 4 is 5.97 Å². The van der Waals surface area contributed by atoms with Gasteiger partial charge in [-0.1, -0.05) is 13.3 Å². The van der Waals surface area contributed by atoms with E-state index in [-0.39, 0.29) is 12.5 Å². The van der Waals surface area contributed by atoms with Gasteiger partial charge in [-0.2, -0.15) is 0 Å². The van der Waals surface area contributed by atoms with Crippen molar-refractivity contribution < 1.29 is 15.0 Å².